The number of amides is 4. The van der Waals surface area contributed by atoms with Gasteiger partial charge in [0.25, 0.3) is 5.91 Å². The second-order valence-electron chi connectivity index (χ2n) is 6.07. The zero-order valence-electron chi connectivity index (χ0n) is 13.8. The summed E-state index contributed by atoms with van der Waals surface area (Å²) < 4.78 is 0. The highest BCUT2D eigenvalue weighted by Gasteiger charge is 2.53. The first-order valence-electron chi connectivity index (χ1n) is 8.27. The average molecular weight is 380 g/mol. The molecule has 0 saturated carbocycles. The van der Waals surface area contributed by atoms with Crippen LogP contribution in [-0.4, -0.2) is 58.6 Å². The van der Waals surface area contributed by atoms with E-state index in [1.165, 1.54) is 4.90 Å². The highest BCUT2D eigenvalue weighted by Crippen LogP contribution is 2.33. The molecule has 2 aliphatic heterocycles. The third kappa shape index (κ3) is 4.30. The molecule has 0 aromatic heterocycles. The van der Waals surface area contributed by atoms with Gasteiger partial charge in [0, 0.05) is 17.2 Å². The van der Waals surface area contributed by atoms with E-state index >= 15 is 0 Å². The monoisotopic (exact) mass is 379 g/mol. The van der Waals surface area contributed by atoms with Gasteiger partial charge >= 0.3 is 6.03 Å². The number of nitrogens with zero attached hydrogens (tertiary/aromatic N) is 1. The van der Waals surface area contributed by atoms with Crippen LogP contribution in [0.3, 0.4) is 0 Å². The second-order valence-corrected chi connectivity index (χ2v) is 8.34. The van der Waals surface area contributed by atoms with Gasteiger partial charge < -0.3 is 10.6 Å². The Morgan fingerprint density at radius 2 is 2.12 bits per heavy atom. The number of thioether (sulfide) groups is 2. The minimum Gasteiger partial charge on any atom is -0.355 e. The van der Waals surface area contributed by atoms with Crippen molar-refractivity contribution in [1.29, 1.82) is 0 Å². The third-order valence-electron chi connectivity index (χ3n) is 4.22. The minimum absolute atomic E-state index is 0.205. The zero-order chi connectivity index (χ0) is 17.7. The van der Waals surface area contributed by atoms with Gasteiger partial charge in [0.05, 0.1) is 0 Å². The van der Waals surface area contributed by atoms with E-state index in [4.69, 9.17) is 0 Å². The van der Waals surface area contributed by atoms with Crippen molar-refractivity contribution in [3.05, 3.63) is 30.3 Å². The van der Waals surface area contributed by atoms with Gasteiger partial charge in [0.15, 0.2) is 0 Å². The van der Waals surface area contributed by atoms with Gasteiger partial charge in [0.1, 0.15) is 12.1 Å². The Bertz CT molecular complexity index is 648. The lowest BCUT2D eigenvalue weighted by atomic mass is 9.99. The molecule has 2 fully saturated rings. The normalized spacial score (nSPS) is 22.5. The van der Waals surface area contributed by atoms with Gasteiger partial charge in [-0.3, -0.25) is 14.5 Å². The van der Waals surface area contributed by atoms with Gasteiger partial charge in [-0.05, 0) is 36.5 Å². The van der Waals surface area contributed by atoms with Gasteiger partial charge in [-0.15, -0.1) is 11.8 Å². The molecule has 2 heterocycles. The molecule has 2 saturated heterocycles. The number of rotatable bonds is 7. The standard InChI is InChI=1S/C17H21N3O3S2/c21-14(18-8-4-9-25-13-5-2-1-3-6-13)11-20-15(22)17(19-16(20)23)7-10-24-12-17/h1-3,5-6H,4,7-12H2,(H,18,21)(H,19,23)/t17-/m0/s1. The molecule has 1 atom stereocenters. The minimum atomic E-state index is -0.783. The molecule has 8 heteroatoms. The molecule has 1 aromatic rings. The number of hydrogen-bond donors (Lipinski definition) is 2. The fourth-order valence-electron chi connectivity index (χ4n) is 2.86. The summed E-state index contributed by atoms with van der Waals surface area (Å²) in [5.41, 5.74) is -0.783. The Labute approximate surface area is 155 Å². The van der Waals surface area contributed by atoms with Crippen LogP contribution in [0.2, 0.25) is 0 Å². The van der Waals surface area contributed by atoms with Crippen molar-refractivity contribution in [2.24, 2.45) is 0 Å². The molecular weight excluding hydrogens is 358 g/mol. The summed E-state index contributed by atoms with van der Waals surface area (Å²) in [6.45, 7) is 0.326. The zero-order valence-corrected chi connectivity index (χ0v) is 15.5. The Morgan fingerprint density at radius 3 is 2.84 bits per heavy atom. The van der Waals surface area contributed by atoms with Crippen molar-refractivity contribution in [3.8, 4) is 0 Å². The maximum Gasteiger partial charge on any atom is 0.325 e. The van der Waals surface area contributed by atoms with E-state index < -0.39 is 11.6 Å². The summed E-state index contributed by atoms with van der Waals surface area (Å²) in [4.78, 5) is 38.7. The van der Waals surface area contributed by atoms with Crippen LogP contribution in [0.4, 0.5) is 4.79 Å². The highest BCUT2D eigenvalue weighted by atomic mass is 32.2. The molecule has 134 valence electrons. The molecule has 0 radical (unpaired) electrons. The van der Waals surface area contributed by atoms with Crippen molar-refractivity contribution >= 4 is 41.4 Å². The molecule has 25 heavy (non-hydrogen) atoms. The fraction of sp³-hybridized carbons (Fsp3) is 0.471. The largest absolute Gasteiger partial charge is 0.355 e. The van der Waals surface area contributed by atoms with Crippen LogP contribution >= 0.6 is 23.5 Å². The summed E-state index contributed by atoms with van der Waals surface area (Å²) in [7, 11) is 0. The van der Waals surface area contributed by atoms with Crippen molar-refractivity contribution in [2.75, 3.05) is 30.3 Å². The quantitative estimate of drug-likeness (QED) is 0.428. The maximum atomic E-state index is 12.5. The first-order chi connectivity index (χ1) is 12.1. The molecule has 6 nitrogen and oxygen atoms in total. The molecule has 3 rings (SSSR count). The van der Waals surface area contributed by atoms with Crippen LogP contribution in [0.25, 0.3) is 0 Å². The van der Waals surface area contributed by atoms with Crippen LogP contribution < -0.4 is 10.6 Å². The molecule has 0 aliphatic carbocycles. The van der Waals surface area contributed by atoms with E-state index in [9.17, 15) is 14.4 Å². The molecule has 4 amide bonds. The van der Waals surface area contributed by atoms with E-state index in [1.54, 1.807) is 23.5 Å². The molecule has 1 spiro atoms. The van der Waals surface area contributed by atoms with Crippen molar-refractivity contribution in [1.82, 2.24) is 15.5 Å². The lowest BCUT2D eigenvalue weighted by molar-refractivity contribution is -0.134. The highest BCUT2D eigenvalue weighted by molar-refractivity contribution is 7.99. The Hall–Kier alpha value is -1.67. The van der Waals surface area contributed by atoms with E-state index in [2.05, 4.69) is 22.8 Å². The second kappa shape index (κ2) is 8.14. The van der Waals surface area contributed by atoms with Crippen LogP contribution in [0.1, 0.15) is 12.8 Å². The number of carbonyl (C=O) groups excluding carboxylic acids is 3. The fourth-order valence-corrected chi connectivity index (χ4v) is 5.06. The first-order valence-corrected chi connectivity index (χ1v) is 10.4. The molecular formula is C17H21N3O3S2. The lowest BCUT2D eigenvalue weighted by Crippen LogP contribution is -2.47. The van der Waals surface area contributed by atoms with Gasteiger partial charge in [-0.1, -0.05) is 18.2 Å². The molecule has 0 unspecified atom stereocenters. The smallest absolute Gasteiger partial charge is 0.325 e. The molecule has 0 bridgehead atoms. The summed E-state index contributed by atoms with van der Waals surface area (Å²) in [5, 5.41) is 5.55. The summed E-state index contributed by atoms with van der Waals surface area (Å²) in [5.74, 6) is 1.78. The van der Waals surface area contributed by atoms with Crippen LogP contribution in [0.5, 0.6) is 0 Å². The van der Waals surface area contributed by atoms with E-state index in [0.29, 0.717) is 18.7 Å². The van der Waals surface area contributed by atoms with E-state index in [0.717, 1.165) is 22.8 Å². The number of urea groups is 1. The molecule has 2 N–H and O–H groups in total. The van der Waals surface area contributed by atoms with Crippen LogP contribution in [0.15, 0.2) is 35.2 Å². The van der Waals surface area contributed by atoms with E-state index in [1.807, 2.05) is 18.2 Å². The maximum absolute atomic E-state index is 12.5. The summed E-state index contributed by atoms with van der Waals surface area (Å²) >= 11 is 3.39. The van der Waals surface area contributed by atoms with Crippen molar-refractivity contribution in [3.63, 3.8) is 0 Å². The third-order valence-corrected chi connectivity index (χ3v) is 6.51. The predicted octanol–water partition coefficient (Wildman–Crippen LogP) is 1.71. The van der Waals surface area contributed by atoms with Gasteiger partial charge in [0.2, 0.25) is 5.91 Å². The Morgan fingerprint density at radius 1 is 1.32 bits per heavy atom. The first kappa shape index (κ1) is 18.1. The van der Waals surface area contributed by atoms with Crippen LogP contribution in [0, 0.1) is 0 Å². The topological polar surface area (TPSA) is 78.5 Å². The number of nitrogens with one attached hydrogen (secondary N) is 2. The Balaban J connectivity index is 1.38. The molecule has 1 aromatic carbocycles. The van der Waals surface area contributed by atoms with Gasteiger partial charge in [-0.2, -0.15) is 11.8 Å². The van der Waals surface area contributed by atoms with Crippen molar-refractivity contribution < 1.29 is 14.4 Å². The number of hydrogen-bond acceptors (Lipinski definition) is 5. The van der Waals surface area contributed by atoms with E-state index in [-0.39, 0.29) is 18.4 Å². The predicted molar refractivity (Wildman–Crippen MR) is 99.7 cm³/mol. The SMILES string of the molecule is O=C(CN1C(=O)N[C@]2(CCSC2)C1=O)NCCCSc1ccccc1. The average Bonchev–Trinajstić information content (AvgIpc) is 3.17. The van der Waals surface area contributed by atoms with Gasteiger partial charge in [-0.25, -0.2) is 4.79 Å². The molecule has 2 aliphatic rings. The summed E-state index contributed by atoms with van der Waals surface area (Å²) in [6, 6.07) is 9.63. The summed E-state index contributed by atoms with van der Waals surface area (Å²) in [6.07, 6.45) is 1.46. The number of benzene rings is 1. The lowest BCUT2D eigenvalue weighted by Gasteiger charge is -2.19. The number of carbonyl (C=O) groups is 3. The van der Waals surface area contributed by atoms with Crippen molar-refractivity contribution in [2.45, 2.75) is 23.3 Å². The Kier molecular flexibility index (Phi) is 5.90. The van der Waals surface area contributed by atoms with Crippen LogP contribution in [-0.2, 0) is 9.59 Å². The number of imide groups is 1.